The molecule has 1 N–H and O–H groups in total. The number of nitrogens with zero attached hydrogens (tertiary/aromatic N) is 1. The summed E-state index contributed by atoms with van der Waals surface area (Å²) in [5, 5.41) is 18.1. The van der Waals surface area contributed by atoms with Crippen molar-refractivity contribution in [1.29, 1.82) is 5.26 Å². The maximum Gasteiger partial charge on any atom is 0.139 e. The van der Waals surface area contributed by atoms with Gasteiger partial charge < -0.3 is 5.11 Å². The molecule has 0 heterocycles. The molecule has 0 radical (unpaired) electrons. The molecule has 1 aromatic rings. The average Bonchev–Trinajstić information content (AvgIpc) is 2.07. The summed E-state index contributed by atoms with van der Waals surface area (Å²) in [6.07, 6.45) is 0.128. The van der Waals surface area contributed by atoms with Crippen LogP contribution in [0.3, 0.4) is 0 Å². The van der Waals surface area contributed by atoms with Crippen LogP contribution in [0.5, 0.6) is 5.75 Å². The van der Waals surface area contributed by atoms with E-state index in [1.54, 1.807) is 12.1 Å². The summed E-state index contributed by atoms with van der Waals surface area (Å²) in [7, 11) is 0. The Labute approximate surface area is 80.0 Å². The van der Waals surface area contributed by atoms with E-state index in [4.69, 9.17) is 28.5 Å². The Morgan fingerprint density at radius 1 is 1.42 bits per heavy atom. The van der Waals surface area contributed by atoms with Crippen molar-refractivity contribution >= 4 is 23.2 Å². The number of hydrogen-bond donors (Lipinski definition) is 1. The molecule has 0 aliphatic carbocycles. The number of rotatable bonds is 1. The highest BCUT2D eigenvalue weighted by molar-refractivity contribution is 6.43. The predicted molar refractivity (Wildman–Crippen MR) is 47.4 cm³/mol. The van der Waals surface area contributed by atoms with Gasteiger partial charge in [0.25, 0.3) is 0 Å². The standard InChI is InChI=1S/C8H5Cl2NO/c9-6-2-1-5(3-4-11)8(12)7(6)10/h1-2,12H,3H2. The van der Waals surface area contributed by atoms with Crippen molar-refractivity contribution in [2.75, 3.05) is 0 Å². The van der Waals surface area contributed by atoms with Gasteiger partial charge in [0.2, 0.25) is 0 Å². The molecule has 0 bridgehead atoms. The monoisotopic (exact) mass is 201 g/mol. The Kier molecular flexibility index (Phi) is 2.80. The second kappa shape index (κ2) is 3.66. The second-order valence-corrected chi connectivity index (χ2v) is 2.99. The highest BCUT2D eigenvalue weighted by atomic mass is 35.5. The van der Waals surface area contributed by atoms with Crippen LogP contribution in [0.25, 0.3) is 0 Å². The lowest BCUT2D eigenvalue weighted by Crippen LogP contribution is -1.83. The predicted octanol–water partition coefficient (Wildman–Crippen LogP) is 2.77. The molecule has 1 aromatic carbocycles. The summed E-state index contributed by atoms with van der Waals surface area (Å²) in [6.45, 7) is 0. The van der Waals surface area contributed by atoms with Gasteiger partial charge in [-0.05, 0) is 6.07 Å². The van der Waals surface area contributed by atoms with E-state index < -0.39 is 0 Å². The topological polar surface area (TPSA) is 44.0 Å². The molecule has 0 unspecified atom stereocenters. The third kappa shape index (κ3) is 1.63. The SMILES string of the molecule is N#CCc1ccc(Cl)c(Cl)c1O. The van der Waals surface area contributed by atoms with Crippen LogP contribution in [0.4, 0.5) is 0 Å². The number of phenolic OH excluding ortho intramolecular Hbond substituents is 1. The van der Waals surface area contributed by atoms with Crippen molar-refractivity contribution in [2.45, 2.75) is 6.42 Å². The number of phenols is 1. The van der Waals surface area contributed by atoms with Crippen LogP contribution in [-0.2, 0) is 6.42 Å². The van der Waals surface area contributed by atoms with Crippen molar-refractivity contribution in [3.05, 3.63) is 27.7 Å². The molecule has 0 amide bonds. The highest BCUT2D eigenvalue weighted by Crippen LogP contribution is 2.33. The number of hydrogen-bond acceptors (Lipinski definition) is 2. The molecule has 2 nitrogen and oxygen atoms in total. The van der Waals surface area contributed by atoms with Gasteiger partial charge in [-0.25, -0.2) is 0 Å². The van der Waals surface area contributed by atoms with Gasteiger partial charge in [-0.3, -0.25) is 0 Å². The molecule has 0 saturated carbocycles. The van der Waals surface area contributed by atoms with Gasteiger partial charge in [0.05, 0.1) is 17.5 Å². The largest absolute Gasteiger partial charge is 0.506 e. The second-order valence-electron chi connectivity index (χ2n) is 2.20. The molecule has 0 spiro atoms. The Balaban J connectivity index is 3.19. The van der Waals surface area contributed by atoms with Crippen molar-refractivity contribution in [2.24, 2.45) is 0 Å². The van der Waals surface area contributed by atoms with Gasteiger partial charge in [-0.15, -0.1) is 0 Å². The third-order valence-electron chi connectivity index (χ3n) is 1.42. The van der Waals surface area contributed by atoms with E-state index in [0.29, 0.717) is 5.56 Å². The first-order chi connectivity index (χ1) is 5.66. The fourth-order valence-electron chi connectivity index (χ4n) is 0.808. The zero-order chi connectivity index (χ0) is 9.14. The smallest absolute Gasteiger partial charge is 0.139 e. The number of halogens is 2. The minimum Gasteiger partial charge on any atom is -0.506 e. The van der Waals surface area contributed by atoms with E-state index in [2.05, 4.69) is 0 Å². The van der Waals surface area contributed by atoms with Crippen LogP contribution in [0.15, 0.2) is 12.1 Å². The van der Waals surface area contributed by atoms with Crippen molar-refractivity contribution in [3.63, 3.8) is 0 Å². The van der Waals surface area contributed by atoms with Crippen LogP contribution in [0.1, 0.15) is 5.56 Å². The van der Waals surface area contributed by atoms with E-state index in [1.165, 1.54) is 0 Å². The minimum absolute atomic E-state index is 0.101. The quantitative estimate of drug-likeness (QED) is 0.760. The van der Waals surface area contributed by atoms with Crippen molar-refractivity contribution in [3.8, 4) is 11.8 Å². The lowest BCUT2D eigenvalue weighted by molar-refractivity contribution is 0.470. The first-order valence-corrected chi connectivity index (χ1v) is 3.95. The van der Waals surface area contributed by atoms with Gasteiger partial charge in [-0.1, -0.05) is 29.3 Å². The van der Waals surface area contributed by atoms with E-state index in [-0.39, 0.29) is 22.2 Å². The van der Waals surface area contributed by atoms with E-state index in [0.717, 1.165) is 0 Å². The molecule has 62 valence electrons. The Morgan fingerprint density at radius 2 is 2.08 bits per heavy atom. The molecule has 0 atom stereocenters. The van der Waals surface area contributed by atoms with E-state index in [1.807, 2.05) is 6.07 Å². The molecule has 1 rings (SSSR count). The van der Waals surface area contributed by atoms with Crippen LogP contribution in [-0.4, -0.2) is 5.11 Å². The van der Waals surface area contributed by atoms with Gasteiger partial charge >= 0.3 is 0 Å². The van der Waals surface area contributed by atoms with Gasteiger partial charge in [0.15, 0.2) is 0 Å². The van der Waals surface area contributed by atoms with E-state index >= 15 is 0 Å². The maximum atomic E-state index is 9.34. The minimum atomic E-state index is -0.106. The Bertz CT molecular complexity index is 344. The van der Waals surface area contributed by atoms with Gasteiger partial charge in [0.1, 0.15) is 10.8 Å². The summed E-state index contributed by atoms with van der Waals surface area (Å²) in [5.74, 6) is -0.106. The Morgan fingerprint density at radius 3 is 2.67 bits per heavy atom. The molecule has 0 aliphatic rings. The summed E-state index contributed by atoms with van der Waals surface area (Å²) in [6, 6.07) is 5.04. The van der Waals surface area contributed by atoms with Gasteiger partial charge in [0, 0.05) is 5.56 Å². The normalized spacial score (nSPS) is 9.42. The molecule has 4 heteroatoms. The first kappa shape index (κ1) is 9.18. The molecule has 0 aromatic heterocycles. The zero-order valence-corrected chi connectivity index (χ0v) is 7.52. The van der Waals surface area contributed by atoms with Crippen LogP contribution < -0.4 is 0 Å². The fraction of sp³-hybridized carbons (Fsp3) is 0.125. The average molecular weight is 202 g/mol. The van der Waals surface area contributed by atoms with Crippen LogP contribution in [0.2, 0.25) is 10.0 Å². The number of benzene rings is 1. The summed E-state index contributed by atoms with van der Waals surface area (Å²) in [4.78, 5) is 0. The van der Waals surface area contributed by atoms with Crippen LogP contribution in [0, 0.1) is 11.3 Å². The van der Waals surface area contributed by atoms with Crippen molar-refractivity contribution < 1.29 is 5.11 Å². The Hall–Kier alpha value is -0.910. The zero-order valence-electron chi connectivity index (χ0n) is 6.01. The lowest BCUT2D eigenvalue weighted by atomic mass is 10.1. The van der Waals surface area contributed by atoms with Crippen LogP contribution >= 0.6 is 23.2 Å². The van der Waals surface area contributed by atoms with E-state index in [9.17, 15) is 5.11 Å². The number of nitriles is 1. The number of aromatic hydroxyl groups is 1. The highest BCUT2D eigenvalue weighted by Gasteiger charge is 2.08. The maximum absolute atomic E-state index is 9.34. The van der Waals surface area contributed by atoms with Gasteiger partial charge in [-0.2, -0.15) is 5.26 Å². The lowest BCUT2D eigenvalue weighted by Gasteiger charge is -2.02. The summed E-state index contributed by atoms with van der Waals surface area (Å²) < 4.78 is 0. The third-order valence-corrected chi connectivity index (χ3v) is 2.22. The molecule has 0 fully saturated rings. The molecule has 12 heavy (non-hydrogen) atoms. The molecular weight excluding hydrogens is 197 g/mol. The molecular formula is C8H5Cl2NO. The first-order valence-electron chi connectivity index (χ1n) is 3.19. The molecule has 0 aliphatic heterocycles. The van der Waals surface area contributed by atoms with Crippen molar-refractivity contribution in [1.82, 2.24) is 0 Å². The summed E-state index contributed by atoms with van der Waals surface area (Å²) in [5.41, 5.74) is 0.493. The summed E-state index contributed by atoms with van der Waals surface area (Å²) >= 11 is 11.2. The molecule has 0 saturated heterocycles. The fourth-order valence-corrected chi connectivity index (χ4v) is 1.14.